The number of carbonyl (C=O) groups excluding carboxylic acids is 1. The number of furan rings is 1. The van der Waals surface area contributed by atoms with Crippen molar-refractivity contribution in [3.05, 3.63) is 58.1 Å². The van der Waals surface area contributed by atoms with Gasteiger partial charge in [-0.3, -0.25) is 9.52 Å². The molecule has 1 aliphatic rings. The highest BCUT2D eigenvalue weighted by Crippen LogP contribution is 2.36. The van der Waals surface area contributed by atoms with Crippen molar-refractivity contribution in [3.63, 3.8) is 0 Å². The smallest absolute Gasteiger partial charge is 0.290 e. The first-order valence-corrected chi connectivity index (χ1v) is 11.8. The molecule has 170 valence electrons. The van der Waals surface area contributed by atoms with Gasteiger partial charge in [-0.25, -0.2) is 12.8 Å². The molecular weight excluding hydrogens is 435 g/mol. The number of amides is 1. The molecule has 1 aromatic heterocycles. The normalized spacial score (nSPS) is 14.7. The van der Waals surface area contributed by atoms with Crippen molar-refractivity contribution >= 4 is 32.6 Å². The summed E-state index contributed by atoms with van der Waals surface area (Å²) in [5.74, 6) is -0.614. The van der Waals surface area contributed by atoms with E-state index in [2.05, 4.69) is 4.72 Å². The third-order valence-corrected chi connectivity index (χ3v) is 7.40. The molecule has 0 aliphatic carbocycles. The van der Waals surface area contributed by atoms with Crippen molar-refractivity contribution in [1.82, 2.24) is 4.90 Å². The number of morpholine rings is 1. The zero-order valence-electron chi connectivity index (χ0n) is 18.4. The van der Waals surface area contributed by atoms with Crippen LogP contribution in [0.2, 0.25) is 0 Å². The first-order chi connectivity index (χ1) is 15.1. The van der Waals surface area contributed by atoms with Crippen LogP contribution in [0.5, 0.6) is 0 Å². The van der Waals surface area contributed by atoms with E-state index in [1.807, 2.05) is 13.0 Å². The van der Waals surface area contributed by atoms with E-state index in [-0.39, 0.29) is 27.8 Å². The predicted molar refractivity (Wildman–Crippen MR) is 119 cm³/mol. The molecule has 0 radical (unpaired) electrons. The lowest BCUT2D eigenvalue weighted by Gasteiger charge is -2.26. The standard InChI is InChI=1S/C23H25FN2O5S/c1-13-12-18-16(4)20(23(27)26-7-9-30-10-8-26)31-21(18)22(15(13)3)32(28,29)25-19-6-5-17(24)11-14(19)2/h5-6,11-12,25H,7-10H2,1-4H3. The molecule has 1 N–H and O–H groups in total. The monoisotopic (exact) mass is 460 g/mol. The van der Waals surface area contributed by atoms with Gasteiger partial charge in [0.25, 0.3) is 15.9 Å². The van der Waals surface area contributed by atoms with Crippen LogP contribution in [0.1, 0.15) is 32.8 Å². The summed E-state index contributed by atoms with van der Waals surface area (Å²) in [6, 6.07) is 5.67. The maximum Gasteiger partial charge on any atom is 0.290 e. The van der Waals surface area contributed by atoms with E-state index in [0.717, 1.165) is 5.56 Å². The minimum Gasteiger partial charge on any atom is -0.449 e. The molecule has 4 rings (SSSR count). The molecule has 3 aromatic rings. The maximum atomic E-state index is 13.5. The van der Waals surface area contributed by atoms with Gasteiger partial charge in [0.2, 0.25) is 0 Å². The van der Waals surface area contributed by atoms with Crippen LogP contribution < -0.4 is 4.72 Å². The number of halogens is 1. The van der Waals surface area contributed by atoms with Crippen LogP contribution >= 0.6 is 0 Å². The molecule has 0 spiro atoms. The molecule has 0 unspecified atom stereocenters. The summed E-state index contributed by atoms with van der Waals surface area (Å²) in [4.78, 5) is 14.7. The molecule has 1 amide bonds. The first-order valence-electron chi connectivity index (χ1n) is 10.3. The van der Waals surface area contributed by atoms with Crippen molar-refractivity contribution in [2.24, 2.45) is 0 Å². The molecular formula is C23H25FN2O5S. The molecule has 32 heavy (non-hydrogen) atoms. The Morgan fingerprint density at radius 3 is 2.38 bits per heavy atom. The number of sulfonamides is 1. The highest BCUT2D eigenvalue weighted by Gasteiger charge is 2.30. The lowest BCUT2D eigenvalue weighted by Crippen LogP contribution is -2.40. The molecule has 1 aliphatic heterocycles. The number of carbonyl (C=O) groups is 1. The largest absolute Gasteiger partial charge is 0.449 e. The topological polar surface area (TPSA) is 88.9 Å². The van der Waals surface area contributed by atoms with Crippen LogP contribution in [0.15, 0.2) is 33.6 Å². The van der Waals surface area contributed by atoms with Gasteiger partial charge in [-0.05, 0) is 68.7 Å². The molecule has 1 fully saturated rings. The summed E-state index contributed by atoms with van der Waals surface area (Å²) >= 11 is 0. The Hall–Kier alpha value is -2.91. The Morgan fingerprint density at radius 2 is 1.72 bits per heavy atom. The molecule has 0 saturated carbocycles. The summed E-state index contributed by atoms with van der Waals surface area (Å²) in [6.45, 7) is 8.68. The number of benzene rings is 2. The second-order valence-corrected chi connectivity index (χ2v) is 9.67. The fourth-order valence-electron chi connectivity index (χ4n) is 3.92. The van der Waals surface area contributed by atoms with Gasteiger partial charge in [-0.2, -0.15) is 0 Å². The molecule has 0 bridgehead atoms. The SMILES string of the molecule is Cc1cc(F)ccc1NS(=O)(=O)c1c(C)c(C)cc2c(C)c(C(=O)N3CCOCC3)oc12. The number of hydrogen-bond acceptors (Lipinski definition) is 5. The second-order valence-electron chi connectivity index (χ2n) is 8.05. The third kappa shape index (κ3) is 3.86. The zero-order chi connectivity index (χ0) is 23.2. The number of nitrogens with zero attached hydrogens (tertiary/aromatic N) is 1. The van der Waals surface area contributed by atoms with Gasteiger partial charge in [-0.1, -0.05) is 0 Å². The Kier molecular flexibility index (Phi) is 5.72. The molecule has 1 saturated heterocycles. The van der Waals surface area contributed by atoms with E-state index in [9.17, 15) is 17.6 Å². The molecule has 0 atom stereocenters. The summed E-state index contributed by atoms with van der Waals surface area (Å²) in [7, 11) is -4.09. The minimum absolute atomic E-state index is 0.0275. The lowest BCUT2D eigenvalue weighted by atomic mass is 10.0. The Labute approximate surface area is 186 Å². The fourth-order valence-corrected chi connectivity index (χ4v) is 5.50. The average Bonchev–Trinajstić information content (AvgIpc) is 3.06. The molecule has 9 heteroatoms. The summed E-state index contributed by atoms with van der Waals surface area (Å²) in [6.07, 6.45) is 0. The quantitative estimate of drug-likeness (QED) is 0.634. The number of anilines is 1. The molecule has 2 heterocycles. The van der Waals surface area contributed by atoms with Crippen molar-refractivity contribution in [1.29, 1.82) is 0 Å². The van der Waals surface area contributed by atoms with Gasteiger partial charge in [0.05, 0.1) is 18.9 Å². The highest BCUT2D eigenvalue weighted by molar-refractivity contribution is 7.93. The Morgan fingerprint density at radius 1 is 1.03 bits per heavy atom. The van der Waals surface area contributed by atoms with Crippen molar-refractivity contribution in [2.75, 3.05) is 31.0 Å². The zero-order valence-corrected chi connectivity index (χ0v) is 19.2. The van der Waals surface area contributed by atoms with Crippen LogP contribution in [-0.2, 0) is 14.8 Å². The second kappa shape index (κ2) is 8.22. The van der Waals surface area contributed by atoms with Crippen LogP contribution in [0, 0.1) is 33.5 Å². The average molecular weight is 461 g/mol. The number of hydrogen-bond donors (Lipinski definition) is 1. The Bertz CT molecular complexity index is 1320. The number of aryl methyl sites for hydroxylation is 3. The van der Waals surface area contributed by atoms with E-state index in [1.54, 1.807) is 25.7 Å². The van der Waals surface area contributed by atoms with Crippen LogP contribution in [0.4, 0.5) is 10.1 Å². The lowest BCUT2D eigenvalue weighted by molar-refractivity contribution is 0.0283. The van der Waals surface area contributed by atoms with Gasteiger partial charge >= 0.3 is 0 Å². The summed E-state index contributed by atoms with van der Waals surface area (Å²) in [5.41, 5.74) is 2.72. The number of rotatable bonds is 4. The predicted octanol–water partition coefficient (Wildman–Crippen LogP) is 4.08. The Balaban J connectivity index is 1.85. The van der Waals surface area contributed by atoms with Gasteiger partial charge < -0.3 is 14.1 Å². The number of ether oxygens (including phenoxy) is 1. The van der Waals surface area contributed by atoms with Crippen molar-refractivity contribution < 1.29 is 26.8 Å². The number of nitrogens with one attached hydrogen (secondary N) is 1. The van der Waals surface area contributed by atoms with E-state index in [0.29, 0.717) is 48.4 Å². The molecule has 7 nitrogen and oxygen atoms in total. The van der Waals surface area contributed by atoms with Crippen molar-refractivity contribution in [2.45, 2.75) is 32.6 Å². The summed E-state index contributed by atoms with van der Waals surface area (Å²) in [5, 5.41) is 0.570. The van der Waals surface area contributed by atoms with Gasteiger partial charge in [0.15, 0.2) is 11.3 Å². The van der Waals surface area contributed by atoms with Gasteiger partial charge in [0.1, 0.15) is 10.7 Å². The molecule has 2 aromatic carbocycles. The van der Waals surface area contributed by atoms with E-state index < -0.39 is 15.8 Å². The van der Waals surface area contributed by atoms with E-state index >= 15 is 0 Å². The van der Waals surface area contributed by atoms with Gasteiger partial charge in [0, 0.05) is 24.0 Å². The van der Waals surface area contributed by atoms with Gasteiger partial charge in [-0.15, -0.1) is 0 Å². The van der Waals surface area contributed by atoms with Crippen LogP contribution in [0.3, 0.4) is 0 Å². The van der Waals surface area contributed by atoms with E-state index in [4.69, 9.17) is 9.15 Å². The fraction of sp³-hybridized carbons (Fsp3) is 0.348. The van der Waals surface area contributed by atoms with Crippen molar-refractivity contribution in [3.8, 4) is 0 Å². The minimum atomic E-state index is -4.09. The number of fused-ring (bicyclic) bond motifs is 1. The van der Waals surface area contributed by atoms with Crippen LogP contribution in [-0.4, -0.2) is 45.5 Å². The maximum absolute atomic E-state index is 13.5. The third-order valence-electron chi connectivity index (χ3n) is 5.89. The van der Waals surface area contributed by atoms with Crippen LogP contribution in [0.25, 0.3) is 11.0 Å². The summed E-state index contributed by atoms with van der Waals surface area (Å²) < 4.78 is 54.1. The van der Waals surface area contributed by atoms with E-state index in [1.165, 1.54) is 18.2 Å². The highest BCUT2D eigenvalue weighted by atomic mass is 32.2. The first kappa shape index (κ1) is 22.3.